The summed E-state index contributed by atoms with van der Waals surface area (Å²) in [4.78, 5) is 0. The Hall–Kier alpha value is -0.870. The zero-order chi connectivity index (χ0) is 12.1. The average molecular weight is 244 g/mol. The summed E-state index contributed by atoms with van der Waals surface area (Å²) in [6.45, 7) is 4.36. The molecule has 0 aromatic heterocycles. The highest BCUT2D eigenvalue weighted by Gasteiger charge is 2.15. The van der Waals surface area contributed by atoms with Crippen molar-refractivity contribution in [1.29, 1.82) is 0 Å². The number of rotatable bonds is 4. The molecule has 0 saturated heterocycles. The minimum atomic E-state index is 0.00585. The van der Waals surface area contributed by atoms with Gasteiger partial charge >= 0.3 is 0 Å². The molecular weight excluding hydrogens is 223 g/mol. The van der Waals surface area contributed by atoms with Crippen molar-refractivity contribution >= 4 is 13.2 Å². The molecule has 0 spiro atoms. The highest BCUT2D eigenvalue weighted by molar-refractivity contribution is 7.68. The van der Waals surface area contributed by atoms with E-state index >= 15 is 0 Å². The van der Waals surface area contributed by atoms with Crippen molar-refractivity contribution in [2.75, 3.05) is 6.16 Å². The number of hydrogen-bond acceptors (Lipinski definition) is 0. The molecule has 2 rings (SSSR count). The standard InChI is InChI=1S/C16H21P/c1-14(2)7-6-8-15-11-12-17(13-15)16-9-4-3-5-10-16/h3-5,7,9-10,13H,6,8,11-12H2,1-2H3. The fraction of sp³-hybridized carbons (Fsp3) is 0.375. The van der Waals surface area contributed by atoms with E-state index in [1.54, 1.807) is 10.9 Å². The molecule has 0 saturated carbocycles. The van der Waals surface area contributed by atoms with E-state index in [9.17, 15) is 0 Å². The van der Waals surface area contributed by atoms with Gasteiger partial charge in [0.25, 0.3) is 0 Å². The molecule has 1 aliphatic heterocycles. The molecule has 1 heterocycles. The largest absolute Gasteiger partial charge is 0.0856 e. The molecule has 1 unspecified atom stereocenters. The van der Waals surface area contributed by atoms with Crippen LogP contribution in [0, 0.1) is 0 Å². The van der Waals surface area contributed by atoms with E-state index in [0.29, 0.717) is 0 Å². The van der Waals surface area contributed by atoms with Crippen LogP contribution in [0.1, 0.15) is 33.1 Å². The van der Waals surface area contributed by atoms with Crippen LogP contribution in [0.4, 0.5) is 0 Å². The second kappa shape index (κ2) is 6.17. The van der Waals surface area contributed by atoms with E-state index in [-0.39, 0.29) is 7.92 Å². The Labute approximate surface area is 106 Å². The lowest BCUT2D eigenvalue weighted by molar-refractivity contribution is 0.920. The molecule has 0 bridgehead atoms. The van der Waals surface area contributed by atoms with Gasteiger partial charge in [0, 0.05) is 0 Å². The maximum Gasteiger partial charge on any atom is -0.0201 e. The van der Waals surface area contributed by atoms with Crippen molar-refractivity contribution in [3.63, 3.8) is 0 Å². The van der Waals surface area contributed by atoms with E-state index in [1.807, 2.05) is 0 Å². The predicted octanol–water partition coefficient (Wildman–Crippen LogP) is 4.83. The summed E-state index contributed by atoms with van der Waals surface area (Å²) in [5.74, 6) is 2.56. The fourth-order valence-corrected chi connectivity index (χ4v) is 4.49. The maximum absolute atomic E-state index is 2.56. The van der Waals surface area contributed by atoms with Gasteiger partial charge in [-0.25, -0.2) is 0 Å². The van der Waals surface area contributed by atoms with Crippen molar-refractivity contribution < 1.29 is 0 Å². The SMILES string of the molecule is CC(C)=CCCC1=CP(c2ccccc2)CC1. The Morgan fingerprint density at radius 2 is 2.00 bits per heavy atom. The Morgan fingerprint density at radius 1 is 1.24 bits per heavy atom. The first-order chi connectivity index (χ1) is 8.25. The minimum Gasteiger partial charge on any atom is -0.0856 e. The summed E-state index contributed by atoms with van der Waals surface area (Å²) in [5, 5.41) is 1.54. The first-order valence-electron chi connectivity index (χ1n) is 6.40. The molecule has 90 valence electrons. The van der Waals surface area contributed by atoms with Crippen molar-refractivity contribution in [2.45, 2.75) is 33.1 Å². The highest BCUT2D eigenvalue weighted by Crippen LogP contribution is 2.45. The molecule has 0 aliphatic carbocycles. The Kier molecular flexibility index (Phi) is 4.57. The van der Waals surface area contributed by atoms with Gasteiger partial charge in [0.15, 0.2) is 0 Å². The zero-order valence-electron chi connectivity index (χ0n) is 10.8. The molecule has 0 nitrogen and oxygen atoms in total. The molecule has 1 aliphatic rings. The van der Waals surface area contributed by atoms with Gasteiger partial charge in [-0.3, -0.25) is 0 Å². The molecule has 0 fully saturated rings. The molecule has 0 N–H and O–H groups in total. The first kappa shape index (κ1) is 12.6. The molecule has 17 heavy (non-hydrogen) atoms. The number of hydrogen-bond donors (Lipinski definition) is 0. The fourth-order valence-electron chi connectivity index (χ4n) is 2.17. The van der Waals surface area contributed by atoms with Gasteiger partial charge in [0.2, 0.25) is 0 Å². The van der Waals surface area contributed by atoms with Crippen LogP contribution in [0.25, 0.3) is 0 Å². The van der Waals surface area contributed by atoms with Gasteiger partial charge < -0.3 is 0 Å². The second-order valence-corrected chi connectivity index (χ2v) is 7.05. The monoisotopic (exact) mass is 244 g/mol. The Bertz CT molecular complexity index is 410. The molecule has 0 radical (unpaired) electrons. The van der Waals surface area contributed by atoms with Gasteiger partial charge in [-0.05, 0) is 44.6 Å². The van der Waals surface area contributed by atoms with Crippen molar-refractivity contribution in [3.05, 3.63) is 53.4 Å². The topological polar surface area (TPSA) is 0 Å². The second-order valence-electron chi connectivity index (χ2n) is 4.89. The summed E-state index contributed by atoms with van der Waals surface area (Å²) in [6.07, 6.45) is 7.51. The molecule has 1 aromatic carbocycles. The third-order valence-electron chi connectivity index (χ3n) is 3.12. The lowest BCUT2D eigenvalue weighted by Crippen LogP contribution is -1.97. The van der Waals surface area contributed by atoms with Crippen molar-refractivity contribution in [1.82, 2.24) is 0 Å². The molecule has 1 heteroatoms. The zero-order valence-corrected chi connectivity index (χ0v) is 11.7. The summed E-state index contributed by atoms with van der Waals surface area (Å²) in [6, 6.07) is 11.0. The van der Waals surface area contributed by atoms with E-state index in [2.05, 4.69) is 56.1 Å². The van der Waals surface area contributed by atoms with E-state index < -0.39 is 0 Å². The smallest absolute Gasteiger partial charge is 0.0201 e. The summed E-state index contributed by atoms with van der Waals surface area (Å²) < 4.78 is 0. The van der Waals surface area contributed by atoms with Crippen LogP contribution in [-0.4, -0.2) is 6.16 Å². The highest BCUT2D eigenvalue weighted by atomic mass is 31.1. The van der Waals surface area contributed by atoms with E-state index in [0.717, 1.165) is 0 Å². The molecular formula is C16H21P. The van der Waals surface area contributed by atoms with Crippen LogP contribution in [0.3, 0.4) is 0 Å². The van der Waals surface area contributed by atoms with Gasteiger partial charge in [0.1, 0.15) is 0 Å². The van der Waals surface area contributed by atoms with Crippen LogP contribution in [-0.2, 0) is 0 Å². The van der Waals surface area contributed by atoms with Crippen LogP contribution in [0.5, 0.6) is 0 Å². The lowest BCUT2D eigenvalue weighted by Gasteiger charge is -2.06. The van der Waals surface area contributed by atoms with Crippen molar-refractivity contribution in [2.24, 2.45) is 0 Å². The number of benzene rings is 1. The van der Waals surface area contributed by atoms with E-state index in [1.165, 1.54) is 31.0 Å². The lowest BCUT2D eigenvalue weighted by atomic mass is 10.1. The van der Waals surface area contributed by atoms with Crippen LogP contribution in [0.15, 0.2) is 53.4 Å². The first-order valence-corrected chi connectivity index (χ1v) is 8.00. The van der Waals surface area contributed by atoms with Gasteiger partial charge in [-0.15, -0.1) is 0 Å². The molecule has 0 amide bonds. The summed E-state index contributed by atoms with van der Waals surface area (Å²) in [5.41, 5.74) is 3.12. The average Bonchev–Trinajstić information content (AvgIpc) is 2.78. The van der Waals surface area contributed by atoms with E-state index in [4.69, 9.17) is 0 Å². The molecule has 1 aromatic rings. The summed E-state index contributed by atoms with van der Waals surface area (Å²) in [7, 11) is 0.00585. The predicted molar refractivity (Wildman–Crippen MR) is 79.2 cm³/mol. The van der Waals surface area contributed by atoms with Gasteiger partial charge in [-0.1, -0.05) is 61.3 Å². The third kappa shape index (κ3) is 3.82. The quantitative estimate of drug-likeness (QED) is 0.525. The van der Waals surface area contributed by atoms with Crippen LogP contribution in [0.2, 0.25) is 0 Å². The third-order valence-corrected chi connectivity index (χ3v) is 5.46. The minimum absolute atomic E-state index is 0.00585. The van der Waals surface area contributed by atoms with Crippen LogP contribution < -0.4 is 5.30 Å². The van der Waals surface area contributed by atoms with Gasteiger partial charge in [-0.2, -0.15) is 0 Å². The van der Waals surface area contributed by atoms with Crippen molar-refractivity contribution in [3.8, 4) is 0 Å². The summed E-state index contributed by atoms with van der Waals surface area (Å²) >= 11 is 0. The normalized spacial score (nSPS) is 18.9. The number of allylic oxidation sites excluding steroid dienone is 3. The Morgan fingerprint density at radius 3 is 2.71 bits per heavy atom. The maximum atomic E-state index is 2.56. The van der Waals surface area contributed by atoms with Gasteiger partial charge in [0.05, 0.1) is 0 Å². The molecule has 1 atom stereocenters. The van der Waals surface area contributed by atoms with Crippen LogP contribution >= 0.6 is 7.92 Å². The Balaban J connectivity index is 1.93.